The SMILES string of the molecule is CS(=O)(=O)c1ccc2c3c(ccc2c1)OC(Cc1cc(F)c(F)cc1F)C([N+](=O)[O-])=C3. The van der Waals surface area contributed by atoms with Crippen LogP contribution in [0.2, 0.25) is 0 Å². The highest BCUT2D eigenvalue weighted by molar-refractivity contribution is 7.90. The number of nitrogens with zero attached hydrogens (tertiary/aromatic N) is 1. The average molecular weight is 449 g/mol. The summed E-state index contributed by atoms with van der Waals surface area (Å²) < 4.78 is 70.1. The summed E-state index contributed by atoms with van der Waals surface area (Å²) in [6, 6.07) is 8.51. The minimum Gasteiger partial charge on any atom is -0.478 e. The number of fused-ring (bicyclic) bond motifs is 3. The Morgan fingerprint density at radius 1 is 1.03 bits per heavy atom. The Hall–Kier alpha value is -3.40. The van der Waals surface area contributed by atoms with E-state index in [4.69, 9.17) is 4.74 Å². The number of benzene rings is 3. The molecule has 0 bridgehead atoms. The van der Waals surface area contributed by atoms with Gasteiger partial charge in [0.1, 0.15) is 11.6 Å². The number of rotatable bonds is 4. The average Bonchev–Trinajstić information content (AvgIpc) is 2.70. The van der Waals surface area contributed by atoms with E-state index in [0.717, 1.165) is 6.26 Å². The minimum absolute atomic E-state index is 0.0989. The Morgan fingerprint density at radius 3 is 2.42 bits per heavy atom. The van der Waals surface area contributed by atoms with Crippen LogP contribution < -0.4 is 4.74 Å². The van der Waals surface area contributed by atoms with Crippen LogP contribution >= 0.6 is 0 Å². The van der Waals surface area contributed by atoms with E-state index in [1.165, 1.54) is 30.3 Å². The summed E-state index contributed by atoms with van der Waals surface area (Å²) in [5.74, 6) is -3.41. The number of ether oxygens (including phenoxy) is 1. The molecule has 0 aliphatic carbocycles. The second-order valence-corrected chi connectivity index (χ2v) is 9.14. The van der Waals surface area contributed by atoms with Gasteiger partial charge in [0.15, 0.2) is 27.6 Å². The molecular formula is C21H14F3NO5S. The van der Waals surface area contributed by atoms with E-state index in [1.54, 1.807) is 6.07 Å². The van der Waals surface area contributed by atoms with Gasteiger partial charge in [0.05, 0.1) is 9.82 Å². The molecule has 0 N–H and O–H groups in total. The molecule has 0 fully saturated rings. The first-order valence-electron chi connectivity index (χ1n) is 8.97. The molecule has 0 radical (unpaired) electrons. The highest BCUT2D eigenvalue weighted by atomic mass is 32.2. The van der Waals surface area contributed by atoms with Crippen molar-refractivity contribution in [2.75, 3.05) is 6.26 Å². The van der Waals surface area contributed by atoms with E-state index in [0.29, 0.717) is 28.5 Å². The smallest absolute Gasteiger partial charge is 0.287 e. The highest BCUT2D eigenvalue weighted by Gasteiger charge is 2.33. The zero-order valence-electron chi connectivity index (χ0n) is 15.9. The molecule has 3 aromatic carbocycles. The van der Waals surface area contributed by atoms with E-state index in [2.05, 4.69) is 0 Å². The van der Waals surface area contributed by atoms with Crippen molar-refractivity contribution in [3.05, 3.63) is 86.9 Å². The van der Waals surface area contributed by atoms with Gasteiger partial charge < -0.3 is 4.74 Å². The van der Waals surface area contributed by atoms with E-state index in [9.17, 15) is 31.7 Å². The van der Waals surface area contributed by atoms with Gasteiger partial charge in [-0.3, -0.25) is 10.1 Å². The van der Waals surface area contributed by atoms with Gasteiger partial charge in [-0.2, -0.15) is 0 Å². The number of sulfone groups is 1. The van der Waals surface area contributed by atoms with Crippen molar-refractivity contribution >= 4 is 26.7 Å². The predicted octanol–water partition coefficient (Wildman–Crippen LogP) is 4.28. The maximum atomic E-state index is 14.1. The normalized spacial score (nSPS) is 15.9. The third-order valence-electron chi connectivity index (χ3n) is 5.02. The van der Waals surface area contributed by atoms with E-state index in [1.807, 2.05) is 0 Å². The molecule has 6 nitrogen and oxygen atoms in total. The minimum atomic E-state index is -3.44. The van der Waals surface area contributed by atoms with Crippen molar-refractivity contribution in [3.63, 3.8) is 0 Å². The van der Waals surface area contributed by atoms with E-state index < -0.39 is 44.0 Å². The first-order valence-corrected chi connectivity index (χ1v) is 10.9. The standard InChI is InChI=1S/C21H14F3NO5S/c1-31(28,29)13-3-4-14-11(6-13)2-5-20-15(14)9-19(25(26)27)21(30-20)8-12-7-17(23)18(24)10-16(12)22/h2-7,9-10,21H,8H2,1H3. The van der Waals surface area contributed by atoms with Gasteiger partial charge in [-0.1, -0.05) is 12.1 Å². The number of nitro groups is 1. The van der Waals surface area contributed by atoms with Crippen molar-refractivity contribution in [3.8, 4) is 5.75 Å². The van der Waals surface area contributed by atoms with Gasteiger partial charge in [0.2, 0.25) is 0 Å². The molecule has 10 heteroatoms. The summed E-state index contributed by atoms with van der Waals surface area (Å²) in [5.41, 5.74) is -0.290. The van der Waals surface area contributed by atoms with E-state index in [-0.39, 0.29) is 22.6 Å². The highest BCUT2D eigenvalue weighted by Crippen LogP contribution is 2.37. The predicted molar refractivity (Wildman–Crippen MR) is 106 cm³/mol. The fourth-order valence-electron chi connectivity index (χ4n) is 3.49. The van der Waals surface area contributed by atoms with Crippen LogP contribution in [0, 0.1) is 27.6 Å². The van der Waals surface area contributed by atoms with Crippen LogP contribution in [-0.4, -0.2) is 25.7 Å². The molecule has 0 saturated heterocycles. The molecule has 1 heterocycles. The third kappa shape index (κ3) is 3.86. The Morgan fingerprint density at radius 2 is 1.74 bits per heavy atom. The van der Waals surface area contributed by atoms with Crippen LogP contribution in [0.1, 0.15) is 11.1 Å². The topological polar surface area (TPSA) is 86.5 Å². The monoisotopic (exact) mass is 449 g/mol. The van der Waals surface area contributed by atoms with Crippen LogP contribution in [-0.2, 0) is 16.3 Å². The molecule has 1 aliphatic heterocycles. The fourth-order valence-corrected chi connectivity index (χ4v) is 4.14. The van der Waals surface area contributed by atoms with E-state index >= 15 is 0 Å². The van der Waals surface area contributed by atoms with Crippen LogP contribution in [0.3, 0.4) is 0 Å². The number of hydrogen-bond donors (Lipinski definition) is 0. The van der Waals surface area contributed by atoms with Gasteiger partial charge in [0.25, 0.3) is 5.70 Å². The quantitative estimate of drug-likeness (QED) is 0.337. The summed E-state index contributed by atoms with van der Waals surface area (Å²) >= 11 is 0. The summed E-state index contributed by atoms with van der Waals surface area (Å²) in [6.45, 7) is 0. The second kappa shape index (κ2) is 7.38. The molecule has 1 unspecified atom stereocenters. The Balaban J connectivity index is 1.79. The van der Waals surface area contributed by atoms with Crippen LogP contribution in [0.5, 0.6) is 5.75 Å². The second-order valence-electron chi connectivity index (χ2n) is 7.13. The van der Waals surface area contributed by atoms with Crippen LogP contribution in [0.25, 0.3) is 16.8 Å². The molecule has 1 atom stereocenters. The molecule has 0 amide bonds. The van der Waals surface area contributed by atoms with Crippen molar-refractivity contribution in [1.82, 2.24) is 0 Å². The van der Waals surface area contributed by atoms with Crippen molar-refractivity contribution in [1.29, 1.82) is 0 Å². The molecule has 1 aliphatic rings. The molecule has 160 valence electrons. The fraction of sp³-hybridized carbons (Fsp3) is 0.143. The van der Waals surface area contributed by atoms with Crippen LogP contribution in [0.4, 0.5) is 13.2 Å². The van der Waals surface area contributed by atoms with Crippen molar-refractivity contribution in [2.45, 2.75) is 17.4 Å². The lowest BCUT2D eigenvalue weighted by molar-refractivity contribution is -0.433. The molecule has 0 saturated carbocycles. The lowest BCUT2D eigenvalue weighted by atomic mass is 9.97. The Kier molecular flexibility index (Phi) is 4.97. The maximum absolute atomic E-state index is 14.1. The molecular weight excluding hydrogens is 435 g/mol. The first-order chi connectivity index (χ1) is 14.5. The first kappa shape index (κ1) is 20.9. The third-order valence-corrected chi connectivity index (χ3v) is 6.13. The lowest BCUT2D eigenvalue weighted by Crippen LogP contribution is -2.29. The summed E-state index contributed by atoms with van der Waals surface area (Å²) in [5, 5.41) is 12.7. The summed E-state index contributed by atoms with van der Waals surface area (Å²) in [6.07, 6.45) is 0.710. The number of halogens is 3. The summed E-state index contributed by atoms with van der Waals surface area (Å²) in [7, 11) is -3.44. The zero-order chi connectivity index (χ0) is 22.5. The molecule has 3 aromatic rings. The van der Waals surface area contributed by atoms with Gasteiger partial charge in [-0.05, 0) is 40.6 Å². The number of hydrogen-bond acceptors (Lipinski definition) is 5. The molecule has 0 aromatic heterocycles. The maximum Gasteiger partial charge on any atom is 0.287 e. The van der Waals surface area contributed by atoms with Gasteiger partial charge >= 0.3 is 0 Å². The lowest BCUT2D eigenvalue weighted by Gasteiger charge is -2.23. The molecule has 4 rings (SSSR count). The van der Waals surface area contributed by atoms with Gasteiger partial charge in [-0.25, -0.2) is 21.6 Å². The Bertz CT molecular complexity index is 1390. The van der Waals surface area contributed by atoms with Gasteiger partial charge in [-0.15, -0.1) is 0 Å². The Labute approximate surface area is 174 Å². The summed E-state index contributed by atoms with van der Waals surface area (Å²) in [4.78, 5) is 11.1. The van der Waals surface area contributed by atoms with Crippen LogP contribution in [0.15, 0.2) is 53.1 Å². The molecule has 0 spiro atoms. The molecule has 31 heavy (non-hydrogen) atoms. The zero-order valence-corrected chi connectivity index (χ0v) is 16.8. The van der Waals surface area contributed by atoms with Crippen molar-refractivity contribution in [2.24, 2.45) is 0 Å². The van der Waals surface area contributed by atoms with Crippen molar-refractivity contribution < 1.29 is 31.2 Å². The van der Waals surface area contributed by atoms with Gasteiger partial charge in [0, 0.05) is 30.4 Å². The largest absolute Gasteiger partial charge is 0.478 e.